The van der Waals surface area contributed by atoms with Gasteiger partial charge in [-0.05, 0) is 44.9 Å². The van der Waals surface area contributed by atoms with E-state index in [4.69, 9.17) is 9.47 Å². The lowest BCUT2D eigenvalue weighted by Gasteiger charge is -2.28. The molecule has 1 aliphatic rings. The molecule has 0 spiro atoms. The van der Waals surface area contributed by atoms with Crippen LogP contribution in [-0.2, 0) is 14.3 Å². The van der Waals surface area contributed by atoms with Crippen LogP contribution in [0.1, 0.15) is 25.8 Å². The molecule has 2 aromatic rings. The monoisotopic (exact) mass is 433 g/mol. The molecule has 9 heteroatoms. The van der Waals surface area contributed by atoms with Gasteiger partial charge >= 0.3 is 0 Å². The molecule has 0 saturated carbocycles. The van der Waals surface area contributed by atoms with Gasteiger partial charge in [-0.25, -0.2) is 0 Å². The Labute approximate surface area is 182 Å². The lowest BCUT2D eigenvalue weighted by molar-refractivity contribution is -0.118. The Hall–Kier alpha value is -2.10. The van der Waals surface area contributed by atoms with Crippen LogP contribution in [-0.4, -0.2) is 72.0 Å². The highest BCUT2D eigenvalue weighted by atomic mass is 32.2. The number of aromatic nitrogens is 3. The quantitative estimate of drug-likeness (QED) is 0.455. The predicted molar refractivity (Wildman–Crippen MR) is 119 cm³/mol. The summed E-state index contributed by atoms with van der Waals surface area (Å²) < 4.78 is 13.0. The average Bonchev–Trinajstić information content (AvgIpc) is 3.16. The molecule has 0 aliphatic carbocycles. The summed E-state index contributed by atoms with van der Waals surface area (Å²) in [5.74, 6) is 1.06. The van der Waals surface area contributed by atoms with Crippen molar-refractivity contribution in [1.82, 2.24) is 20.1 Å². The number of carbonyl (C=O) groups excluding carboxylic acids is 1. The second kappa shape index (κ2) is 11.3. The van der Waals surface area contributed by atoms with E-state index in [2.05, 4.69) is 39.5 Å². The Kier molecular flexibility index (Phi) is 8.53. The lowest BCUT2D eigenvalue weighted by atomic mass is 10.2. The SMILES string of the molecule is Cc1cccc(-n2c(SCC(=O)NCCCOC(C)C)nnc2N2CCOCC2)c1. The predicted octanol–water partition coefficient (Wildman–Crippen LogP) is 2.44. The van der Waals surface area contributed by atoms with E-state index in [1.807, 2.05) is 30.5 Å². The number of nitrogens with one attached hydrogen (secondary N) is 1. The van der Waals surface area contributed by atoms with Crippen molar-refractivity contribution >= 4 is 23.6 Å². The maximum absolute atomic E-state index is 12.3. The van der Waals surface area contributed by atoms with Gasteiger partial charge in [0.05, 0.1) is 30.8 Å². The van der Waals surface area contributed by atoms with Crippen LogP contribution in [0.15, 0.2) is 29.4 Å². The Morgan fingerprint density at radius 2 is 2.10 bits per heavy atom. The van der Waals surface area contributed by atoms with E-state index >= 15 is 0 Å². The van der Waals surface area contributed by atoms with Crippen LogP contribution in [0.3, 0.4) is 0 Å². The lowest BCUT2D eigenvalue weighted by Crippen LogP contribution is -2.37. The number of amides is 1. The Morgan fingerprint density at radius 1 is 1.30 bits per heavy atom. The first-order chi connectivity index (χ1) is 14.5. The zero-order chi connectivity index (χ0) is 21.3. The molecule has 1 saturated heterocycles. The number of thioether (sulfide) groups is 1. The summed E-state index contributed by atoms with van der Waals surface area (Å²) in [5.41, 5.74) is 2.15. The largest absolute Gasteiger partial charge is 0.379 e. The zero-order valence-corrected chi connectivity index (χ0v) is 18.8. The van der Waals surface area contributed by atoms with Crippen LogP contribution in [0.5, 0.6) is 0 Å². The zero-order valence-electron chi connectivity index (χ0n) is 18.0. The molecule has 1 aromatic carbocycles. The number of rotatable bonds is 10. The van der Waals surface area contributed by atoms with Gasteiger partial charge in [-0.2, -0.15) is 0 Å². The topological polar surface area (TPSA) is 81.5 Å². The molecule has 164 valence electrons. The third-order valence-corrected chi connectivity index (χ3v) is 5.53. The molecular formula is C21H31N5O3S. The minimum atomic E-state index is -0.0174. The van der Waals surface area contributed by atoms with Crippen molar-refractivity contribution in [1.29, 1.82) is 0 Å². The number of anilines is 1. The van der Waals surface area contributed by atoms with Crippen LogP contribution in [0.25, 0.3) is 5.69 Å². The maximum Gasteiger partial charge on any atom is 0.232 e. The van der Waals surface area contributed by atoms with Crippen molar-refractivity contribution in [3.05, 3.63) is 29.8 Å². The van der Waals surface area contributed by atoms with Crippen LogP contribution in [0, 0.1) is 6.92 Å². The summed E-state index contributed by atoms with van der Waals surface area (Å²) in [4.78, 5) is 14.4. The summed E-state index contributed by atoms with van der Waals surface area (Å²) in [7, 11) is 0. The van der Waals surface area contributed by atoms with Crippen LogP contribution in [0.2, 0.25) is 0 Å². The third kappa shape index (κ3) is 6.45. The average molecular weight is 434 g/mol. The van der Waals surface area contributed by atoms with Gasteiger partial charge in [-0.3, -0.25) is 9.36 Å². The molecule has 1 aromatic heterocycles. The van der Waals surface area contributed by atoms with Gasteiger partial charge in [0, 0.05) is 26.2 Å². The summed E-state index contributed by atoms with van der Waals surface area (Å²) in [6.45, 7) is 10.2. The molecule has 0 radical (unpaired) electrons. The van der Waals surface area contributed by atoms with E-state index < -0.39 is 0 Å². The summed E-state index contributed by atoms with van der Waals surface area (Å²) in [6.07, 6.45) is 1.01. The highest BCUT2D eigenvalue weighted by molar-refractivity contribution is 7.99. The molecule has 1 aliphatic heterocycles. The number of morpholine rings is 1. The summed E-state index contributed by atoms with van der Waals surface area (Å²) >= 11 is 1.40. The molecular weight excluding hydrogens is 402 g/mol. The van der Waals surface area contributed by atoms with Crippen molar-refractivity contribution in [3.8, 4) is 5.69 Å². The van der Waals surface area contributed by atoms with Crippen LogP contribution < -0.4 is 10.2 Å². The molecule has 30 heavy (non-hydrogen) atoms. The Bertz CT molecular complexity index is 821. The molecule has 0 atom stereocenters. The molecule has 1 N–H and O–H groups in total. The minimum absolute atomic E-state index is 0.0174. The van der Waals surface area contributed by atoms with Gasteiger partial charge in [0.1, 0.15) is 0 Å². The smallest absolute Gasteiger partial charge is 0.232 e. The first kappa shape index (κ1) is 22.6. The van der Waals surface area contributed by atoms with E-state index in [0.29, 0.717) is 31.5 Å². The molecule has 2 heterocycles. The number of aryl methyl sites for hydroxylation is 1. The van der Waals surface area contributed by atoms with Crippen molar-refractivity contribution in [2.24, 2.45) is 0 Å². The van der Waals surface area contributed by atoms with Gasteiger partial charge in [0.2, 0.25) is 11.9 Å². The van der Waals surface area contributed by atoms with Gasteiger partial charge < -0.3 is 19.7 Å². The van der Waals surface area contributed by atoms with Crippen molar-refractivity contribution in [2.75, 3.05) is 50.1 Å². The summed E-state index contributed by atoms with van der Waals surface area (Å²) in [5, 5.41) is 12.5. The van der Waals surface area contributed by atoms with E-state index in [0.717, 1.165) is 36.7 Å². The fraction of sp³-hybridized carbons (Fsp3) is 0.571. The van der Waals surface area contributed by atoms with Crippen molar-refractivity contribution in [2.45, 2.75) is 38.5 Å². The van der Waals surface area contributed by atoms with E-state index in [-0.39, 0.29) is 17.8 Å². The molecule has 3 rings (SSSR count). The fourth-order valence-electron chi connectivity index (χ4n) is 3.12. The molecule has 0 unspecified atom stereocenters. The van der Waals surface area contributed by atoms with Gasteiger partial charge in [0.25, 0.3) is 0 Å². The highest BCUT2D eigenvalue weighted by Crippen LogP contribution is 2.27. The number of nitrogens with zero attached hydrogens (tertiary/aromatic N) is 4. The van der Waals surface area contributed by atoms with Crippen molar-refractivity contribution < 1.29 is 14.3 Å². The Balaban J connectivity index is 1.65. The number of ether oxygens (including phenoxy) is 2. The van der Waals surface area contributed by atoms with Crippen LogP contribution >= 0.6 is 11.8 Å². The van der Waals surface area contributed by atoms with Crippen molar-refractivity contribution in [3.63, 3.8) is 0 Å². The maximum atomic E-state index is 12.3. The first-order valence-electron chi connectivity index (χ1n) is 10.4. The highest BCUT2D eigenvalue weighted by Gasteiger charge is 2.22. The van der Waals surface area contributed by atoms with Gasteiger partial charge in [-0.1, -0.05) is 23.9 Å². The fourth-order valence-corrected chi connectivity index (χ4v) is 3.89. The van der Waals surface area contributed by atoms with Gasteiger partial charge in [-0.15, -0.1) is 10.2 Å². The number of hydrogen-bond acceptors (Lipinski definition) is 7. The third-order valence-electron chi connectivity index (χ3n) is 4.60. The first-order valence-corrected chi connectivity index (χ1v) is 11.4. The van der Waals surface area contributed by atoms with E-state index in [1.165, 1.54) is 11.8 Å². The molecule has 1 fully saturated rings. The summed E-state index contributed by atoms with van der Waals surface area (Å²) in [6, 6.07) is 8.23. The molecule has 0 bridgehead atoms. The second-order valence-electron chi connectivity index (χ2n) is 7.47. The van der Waals surface area contributed by atoms with Crippen LogP contribution in [0.4, 0.5) is 5.95 Å². The molecule has 1 amide bonds. The van der Waals surface area contributed by atoms with E-state index in [1.54, 1.807) is 0 Å². The van der Waals surface area contributed by atoms with Gasteiger partial charge in [0.15, 0.2) is 5.16 Å². The molecule has 8 nitrogen and oxygen atoms in total. The Morgan fingerprint density at radius 3 is 2.83 bits per heavy atom. The second-order valence-corrected chi connectivity index (χ2v) is 8.41. The minimum Gasteiger partial charge on any atom is -0.379 e. The number of benzene rings is 1. The standard InChI is InChI=1S/C21H31N5O3S/c1-16(2)29-11-5-8-22-19(27)15-30-21-24-23-20(25-9-12-28-13-10-25)26(21)18-7-4-6-17(3)14-18/h4,6-7,14,16H,5,8-13,15H2,1-3H3,(H,22,27). The van der Waals surface area contributed by atoms with E-state index in [9.17, 15) is 4.79 Å². The number of carbonyl (C=O) groups is 1. The number of hydrogen-bond donors (Lipinski definition) is 1. The normalized spacial score (nSPS) is 14.3.